The van der Waals surface area contributed by atoms with E-state index in [1.807, 2.05) is 24.3 Å². The van der Waals surface area contributed by atoms with Gasteiger partial charge in [0.15, 0.2) is 6.29 Å². The van der Waals surface area contributed by atoms with Crippen LogP contribution in [0, 0.1) is 6.29 Å². The second kappa shape index (κ2) is 4.45. The third-order valence-corrected chi connectivity index (χ3v) is 2.86. The fourth-order valence-corrected chi connectivity index (χ4v) is 1.99. The summed E-state index contributed by atoms with van der Waals surface area (Å²) in [6.45, 7) is 0.440. The van der Waals surface area contributed by atoms with Crippen molar-refractivity contribution in [2.24, 2.45) is 0 Å². The number of hydrogen-bond acceptors (Lipinski definition) is 3. The second-order valence-corrected chi connectivity index (χ2v) is 3.91. The summed E-state index contributed by atoms with van der Waals surface area (Å²) in [5.41, 5.74) is 0.975. The molecule has 0 N–H and O–H groups in total. The van der Waals surface area contributed by atoms with E-state index in [1.165, 1.54) is 5.39 Å². The SMILES string of the molecule is COC1CO[C](c2cccc3ccccc23)O1. The quantitative estimate of drug-likeness (QED) is 0.792. The molecular weight excluding hydrogens is 216 g/mol. The summed E-state index contributed by atoms with van der Waals surface area (Å²) < 4.78 is 16.2. The van der Waals surface area contributed by atoms with E-state index < -0.39 is 0 Å². The fourth-order valence-electron chi connectivity index (χ4n) is 1.99. The van der Waals surface area contributed by atoms with Crippen LogP contribution in [0.5, 0.6) is 0 Å². The van der Waals surface area contributed by atoms with E-state index in [0.29, 0.717) is 12.9 Å². The molecule has 1 fully saturated rings. The summed E-state index contributed by atoms with van der Waals surface area (Å²) in [5.74, 6) is 0. The molecule has 0 spiro atoms. The Kier molecular flexibility index (Phi) is 2.81. The van der Waals surface area contributed by atoms with Crippen LogP contribution in [0.3, 0.4) is 0 Å². The van der Waals surface area contributed by atoms with E-state index >= 15 is 0 Å². The van der Waals surface area contributed by atoms with Crippen LogP contribution in [0.1, 0.15) is 5.56 Å². The molecule has 17 heavy (non-hydrogen) atoms. The van der Waals surface area contributed by atoms with Crippen molar-refractivity contribution >= 4 is 10.8 Å². The molecule has 2 aromatic rings. The molecule has 1 aliphatic heterocycles. The topological polar surface area (TPSA) is 27.7 Å². The van der Waals surface area contributed by atoms with Crippen molar-refractivity contribution in [2.45, 2.75) is 6.29 Å². The molecule has 0 saturated carbocycles. The van der Waals surface area contributed by atoms with Gasteiger partial charge >= 0.3 is 0 Å². The van der Waals surface area contributed by atoms with Gasteiger partial charge in [-0.2, -0.15) is 0 Å². The number of hydrogen-bond donors (Lipinski definition) is 0. The minimum Gasteiger partial charge on any atom is -0.353 e. The zero-order valence-electron chi connectivity index (χ0n) is 9.55. The molecular formula is C14H13O3. The molecule has 0 bridgehead atoms. The predicted molar refractivity (Wildman–Crippen MR) is 64.1 cm³/mol. The van der Waals surface area contributed by atoms with Crippen LogP contribution in [-0.2, 0) is 14.2 Å². The Labute approximate surface area is 99.9 Å². The second-order valence-electron chi connectivity index (χ2n) is 3.91. The van der Waals surface area contributed by atoms with Crippen molar-refractivity contribution in [3.63, 3.8) is 0 Å². The van der Waals surface area contributed by atoms with Crippen LogP contribution < -0.4 is 0 Å². The van der Waals surface area contributed by atoms with Crippen LogP contribution in [0.4, 0.5) is 0 Å². The molecule has 1 aliphatic rings. The number of ether oxygens (including phenoxy) is 3. The molecule has 1 atom stereocenters. The first-order chi connectivity index (χ1) is 8.38. The van der Waals surface area contributed by atoms with Crippen molar-refractivity contribution in [3.8, 4) is 0 Å². The summed E-state index contributed by atoms with van der Waals surface area (Å²) in [7, 11) is 1.61. The van der Waals surface area contributed by atoms with E-state index in [1.54, 1.807) is 7.11 Å². The van der Waals surface area contributed by atoms with Gasteiger partial charge in [0, 0.05) is 12.7 Å². The van der Waals surface area contributed by atoms with E-state index in [9.17, 15) is 0 Å². The minimum atomic E-state index is -0.302. The van der Waals surface area contributed by atoms with E-state index in [0.717, 1.165) is 10.9 Å². The third-order valence-electron chi connectivity index (χ3n) is 2.86. The van der Waals surface area contributed by atoms with Crippen LogP contribution >= 0.6 is 0 Å². The van der Waals surface area contributed by atoms with Gasteiger partial charge in [0.2, 0.25) is 0 Å². The standard InChI is InChI=1S/C14H13O3/c1-15-13-9-16-14(17-13)12-8-4-6-10-5-2-3-7-11(10)12/h2-8,13H,9H2,1H3. The predicted octanol–water partition coefficient (Wildman–Crippen LogP) is 2.70. The maximum atomic E-state index is 5.58. The Morgan fingerprint density at radius 1 is 1.12 bits per heavy atom. The van der Waals surface area contributed by atoms with E-state index in [4.69, 9.17) is 14.2 Å². The van der Waals surface area contributed by atoms with Crippen LogP contribution in [0.25, 0.3) is 10.8 Å². The normalized spacial score (nSPS) is 21.1. The van der Waals surface area contributed by atoms with Crippen LogP contribution in [0.2, 0.25) is 0 Å². The molecule has 1 unspecified atom stereocenters. The molecule has 3 rings (SSSR count). The van der Waals surface area contributed by atoms with E-state index in [2.05, 4.69) is 18.2 Å². The number of methoxy groups -OCH3 is 1. The number of rotatable bonds is 2. The summed E-state index contributed by atoms with van der Waals surface area (Å²) in [6.07, 6.45) is 0.248. The Morgan fingerprint density at radius 3 is 2.76 bits per heavy atom. The molecule has 87 valence electrons. The van der Waals surface area contributed by atoms with Crippen LogP contribution in [-0.4, -0.2) is 20.0 Å². The molecule has 2 aromatic carbocycles. The lowest BCUT2D eigenvalue weighted by molar-refractivity contribution is -0.0747. The summed E-state index contributed by atoms with van der Waals surface area (Å²) in [6, 6.07) is 14.2. The van der Waals surface area contributed by atoms with Crippen molar-refractivity contribution < 1.29 is 14.2 Å². The number of fused-ring (bicyclic) bond motifs is 1. The zero-order valence-corrected chi connectivity index (χ0v) is 9.55. The first-order valence-corrected chi connectivity index (χ1v) is 5.56. The maximum Gasteiger partial charge on any atom is 0.259 e. The van der Waals surface area contributed by atoms with Gasteiger partial charge < -0.3 is 14.2 Å². The Hall–Kier alpha value is -1.42. The smallest absolute Gasteiger partial charge is 0.259 e. The van der Waals surface area contributed by atoms with Crippen molar-refractivity contribution in [1.29, 1.82) is 0 Å². The van der Waals surface area contributed by atoms with Gasteiger partial charge in [-0.15, -0.1) is 0 Å². The monoisotopic (exact) mass is 229 g/mol. The first kappa shape index (κ1) is 10.7. The Bertz CT molecular complexity index is 518. The summed E-state index contributed by atoms with van der Waals surface area (Å²) in [5, 5.41) is 2.30. The largest absolute Gasteiger partial charge is 0.353 e. The van der Waals surface area contributed by atoms with Crippen molar-refractivity contribution in [1.82, 2.24) is 0 Å². The molecule has 0 aromatic heterocycles. The lowest BCUT2D eigenvalue weighted by atomic mass is 10.0. The molecule has 1 radical (unpaired) electrons. The first-order valence-electron chi connectivity index (χ1n) is 5.56. The Morgan fingerprint density at radius 2 is 1.94 bits per heavy atom. The third kappa shape index (κ3) is 1.93. The minimum absolute atomic E-state index is 0.302. The Balaban J connectivity index is 2.00. The highest BCUT2D eigenvalue weighted by atomic mass is 16.8. The molecule has 3 nitrogen and oxygen atoms in total. The highest BCUT2D eigenvalue weighted by molar-refractivity contribution is 5.86. The summed E-state index contributed by atoms with van der Waals surface area (Å²) in [4.78, 5) is 0. The van der Waals surface area contributed by atoms with Gasteiger partial charge in [-0.1, -0.05) is 42.5 Å². The zero-order chi connectivity index (χ0) is 11.7. The van der Waals surface area contributed by atoms with Crippen molar-refractivity contribution in [3.05, 3.63) is 54.3 Å². The lowest BCUT2D eigenvalue weighted by Crippen LogP contribution is -2.11. The van der Waals surface area contributed by atoms with Crippen LogP contribution in [0.15, 0.2) is 42.5 Å². The summed E-state index contributed by atoms with van der Waals surface area (Å²) >= 11 is 0. The van der Waals surface area contributed by atoms with Gasteiger partial charge in [0.05, 0.1) is 0 Å². The molecule has 0 amide bonds. The highest BCUT2D eigenvalue weighted by Crippen LogP contribution is 2.31. The average molecular weight is 229 g/mol. The van der Waals surface area contributed by atoms with Gasteiger partial charge in [0.25, 0.3) is 6.29 Å². The lowest BCUT2D eigenvalue weighted by Gasteiger charge is -2.11. The van der Waals surface area contributed by atoms with Gasteiger partial charge in [-0.05, 0) is 10.8 Å². The fraction of sp³-hybridized carbons (Fsp3) is 0.214. The van der Waals surface area contributed by atoms with Gasteiger partial charge in [0.1, 0.15) is 6.61 Å². The molecule has 0 aliphatic carbocycles. The maximum absolute atomic E-state index is 5.58. The highest BCUT2D eigenvalue weighted by Gasteiger charge is 2.29. The number of benzene rings is 2. The van der Waals surface area contributed by atoms with Gasteiger partial charge in [-0.3, -0.25) is 0 Å². The van der Waals surface area contributed by atoms with Gasteiger partial charge in [-0.25, -0.2) is 0 Å². The molecule has 1 saturated heterocycles. The molecule has 1 heterocycles. The molecule has 3 heteroatoms. The van der Waals surface area contributed by atoms with E-state index in [-0.39, 0.29) is 6.29 Å². The van der Waals surface area contributed by atoms with Crippen molar-refractivity contribution in [2.75, 3.05) is 13.7 Å². The average Bonchev–Trinajstić information content (AvgIpc) is 2.87.